The van der Waals surface area contributed by atoms with Gasteiger partial charge in [-0.15, -0.1) is 6.42 Å². The van der Waals surface area contributed by atoms with E-state index in [2.05, 4.69) is 5.92 Å². The van der Waals surface area contributed by atoms with Crippen LogP contribution in [0.4, 0.5) is 0 Å². The second-order valence-corrected chi connectivity index (χ2v) is 3.73. The van der Waals surface area contributed by atoms with Crippen LogP contribution in [0.25, 0.3) is 0 Å². The third-order valence-corrected chi connectivity index (χ3v) is 2.60. The quantitative estimate of drug-likeness (QED) is 0.623. The summed E-state index contributed by atoms with van der Waals surface area (Å²) in [7, 11) is 1.70. The molecule has 1 aliphatic rings. The third-order valence-electron chi connectivity index (χ3n) is 2.60. The lowest BCUT2D eigenvalue weighted by Crippen LogP contribution is -2.52. The highest BCUT2D eigenvalue weighted by Crippen LogP contribution is 2.28. The van der Waals surface area contributed by atoms with E-state index in [1.807, 2.05) is 0 Å². The molecule has 0 bridgehead atoms. The molecule has 2 N–H and O–H groups in total. The van der Waals surface area contributed by atoms with Gasteiger partial charge in [-0.05, 0) is 12.8 Å². The molecular weight excluding hydrogens is 164 g/mol. The van der Waals surface area contributed by atoms with Gasteiger partial charge < -0.3 is 10.6 Å². The first kappa shape index (κ1) is 10.1. The normalized spacial score (nSPS) is 19.5. The number of nitrogens with zero attached hydrogens (tertiary/aromatic N) is 1. The van der Waals surface area contributed by atoms with Crippen LogP contribution < -0.4 is 5.73 Å². The van der Waals surface area contributed by atoms with Crippen molar-refractivity contribution in [2.24, 2.45) is 5.73 Å². The van der Waals surface area contributed by atoms with Crippen molar-refractivity contribution < 1.29 is 4.79 Å². The van der Waals surface area contributed by atoms with Crippen molar-refractivity contribution >= 4 is 5.91 Å². The van der Waals surface area contributed by atoms with Crippen molar-refractivity contribution in [3.05, 3.63) is 0 Å². The first-order chi connectivity index (χ1) is 6.10. The molecule has 1 fully saturated rings. The van der Waals surface area contributed by atoms with Crippen LogP contribution in [0.2, 0.25) is 0 Å². The van der Waals surface area contributed by atoms with Crippen LogP contribution in [0, 0.1) is 12.3 Å². The number of likely N-dealkylation sites (N-methyl/N-ethyl adjacent to an activating group) is 1. The van der Waals surface area contributed by atoms with Gasteiger partial charge in [-0.1, -0.05) is 18.8 Å². The summed E-state index contributed by atoms with van der Waals surface area (Å²) in [5.41, 5.74) is 5.34. The number of carbonyl (C=O) groups is 1. The Labute approximate surface area is 79.3 Å². The summed E-state index contributed by atoms with van der Waals surface area (Å²) in [6, 6.07) is 0. The van der Waals surface area contributed by atoms with Crippen molar-refractivity contribution in [1.82, 2.24) is 4.90 Å². The maximum atomic E-state index is 11.8. The zero-order valence-electron chi connectivity index (χ0n) is 8.05. The van der Waals surface area contributed by atoms with Crippen LogP contribution in [0.5, 0.6) is 0 Å². The number of hydrogen-bond donors (Lipinski definition) is 1. The van der Waals surface area contributed by atoms with Crippen LogP contribution in [0.3, 0.4) is 0 Å². The molecule has 3 nitrogen and oxygen atoms in total. The largest absolute Gasteiger partial charge is 0.333 e. The fourth-order valence-corrected chi connectivity index (χ4v) is 1.81. The molecule has 0 aliphatic heterocycles. The maximum Gasteiger partial charge on any atom is 0.243 e. The summed E-state index contributed by atoms with van der Waals surface area (Å²) in [6.45, 7) is 0.345. The molecule has 3 heteroatoms. The Morgan fingerprint density at radius 1 is 1.62 bits per heavy atom. The van der Waals surface area contributed by atoms with Crippen molar-refractivity contribution in [3.63, 3.8) is 0 Å². The molecule has 0 saturated heterocycles. The summed E-state index contributed by atoms with van der Waals surface area (Å²) < 4.78 is 0. The molecule has 0 spiro atoms. The average Bonchev–Trinajstić information content (AvgIpc) is 2.52. The average molecular weight is 180 g/mol. The number of nitrogens with two attached hydrogens (primary N) is 1. The van der Waals surface area contributed by atoms with Gasteiger partial charge in [0.1, 0.15) is 0 Å². The number of carbonyl (C=O) groups excluding carboxylic acids is 1. The smallest absolute Gasteiger partial charge is 0.243 e. The first-order valence-corrected chi connectivity index (χ1v) is 4.58. The molecule has 72 valence electrons. The van der Waals surface area contributed by atoms with Crippen molar-refractivity contribution in [3.8, 4) is 12.3 Å². The Morgan fingerprint density at radius 2 is 2.15 bits per heavy atom. The van der Waals surface area contributed by atoms with Crippen LogP contribution in [-0.4, -0.2) is 29.9 Å². The van der Waals surface area contributed by atoms with Crippen molar-refractivity contribution in [1.29, 1.82) is 0 Å². The summed E-state index contributed by atoms with van der Waals surface area (Å²) in [5, 5.41) is 0. The van der Waals surface area contributed by atoms with E-state index < -0.39 is 5.54 Å². The molecule has 0 heterocycles. The topological polar surface area (TPSA) is 46.3 Å². The monoisotopic (exact) mass is 180 g/mol. The van der Waals surface area contributed by atoms with Gasteiger partial charge in [0.15, 0.2) is 0 Å². The van der Waals surface area contributed by atoms with Gasteiger partial charge in [-0.25, -0.2) is 0 Å². The first-order valence-electron chi connectivity index (χ1n) is 4.58. The minimum Gasteiger partial charge on any atom is -0.333 e. The fraction of sp³-hybridized carbons (Fsp3) is 0.700. The molecule has 13 heavy (non-hydrogen) atoms. The van der Waals surface area contributed by atoms with Crippen LogP contribution in [0.15, 0.2) is 0 Å². The molecule has 0 unspecified atom stereocenters. The van der Waals surface area contributed by atoms with Gasteiger partial charge in [-0.3, -0.25) is 4.79 Å². The maximum absolute atomic E-state index is 11.8. The zero-order valence-corrected chi connectivity index (χ0v) is 8.05. The van der Waals surface area contributed by atoms with E-state index in [1.165, 1.54) is 4.90 Å². The Kier molecular flexibility index (Phi) is 2.94. The van der Waals surface area contributed by atoms with Gasteiger partial charge in [0.05, 0.1) is 12.1 Å². The molecule has 0 aromatic rings. The highest BCUT2D eigenvalue weighted by molar-refractivity contribution is 5.86. The lowest BCUT2D eigenvalue weighted by Gasteiger charge is -2.27. The van der Waals surface area contributed by atoms with E-state index in [-0.39, 0.29) is 5.91 Å². The van der Waals surface area contributed by atoms with Crippen molar-refractivity contribution in [2.45, 2.75) is 31.2 Å². The Hall–Kier alpha value is -1.01. The molecule has 1 aliphatic carbocycles. The Bertz CT molecular complexity index is 236. The second-order valence-electron chi connectivity index (χ2n) is 3.73. The standard InChI is InChI=1S/C10H16N2O/c1-3-8-12(2)9(13)10(11)6-4-5-7-10/h1H,4-8,11H2,2H3. The SMILES string of the molecule is C#CCN(C)C(=O)C1(N)CCCC1. The van der Waals surface area contributed by atoms with Gasteiger partial charge >= 0.3 is 0 Å². The second kappa shape index (κ2) is 3.80. The molecule has 1 amide bonds. The minimum absolute atomic E-state index is 0.0112. The van der Waals surface area contributed by atoms with Crippen molar-refractivity contribution in [2.75, 3.05) is 13.6 Å². The highest BCUT2D eigenvalue weighted by atomic mass is 16.2. The summed E-state index contributed by atoms with van der Waals surface area (Å²) in [4.78, 5) is 13.3. The summed E-state index contributed by atoms with van der Waals surface area (Å²) >= 11 is 0. The summed E-state index contributed by atoms with van der Waals surface area (Å²) in [5.74, 6) is 2.43. The molecule has 1 saturated carbocycles. The molecule has 0 aromatic carbocycles. The van der Waals surface area contributed by atoms with Crippen LogP contribution >= 0.6 is 0 Å². The predicted molar refractivity (Wildman–Crippen MR) is 51.9 cm³/mol. The Morgan fingerprint density at radius 3 is 2.62 bits per heavy atom. The van der Waals surface area contributed by atoms with Gasteiger partial charge in [0.25, 0.3) is 0 Å². The molecule has 0 radical (unpaired) electrons. The number of rotatable bonds is 2. The van der Waals surface area contributed by atoms with E-state index in [4.69, 9.17) is 12.2 Å². The van der Waals surface area contributed by atoms with Gasteiger partial charge in [0, 0.05) is 7.05 Å². The van der Waals surface area contributed by atoms with E-state index in [0.717, 1.165) is 25.7 Å². The third kappa shape index (κ3) is 2.02. The number of hydrogen-bond acceptors (Lipinski definition) is 2. The van der Waals surface area contributed by atoms with Gasteiger partial charge in [-0.2, -0.15) is 0 Å². The fourth-order valence-electron chi connectivity index (χ4n) is 1.81. The van der Waals surface area contributed by atoms with E-state index in [1.54, 1.807) is 7.05 Å². The lowest BCUT2D eigenvalue weighted by molar-refractivity contribution is -0.134. The van der Waals surface area contributed by atoms with Crippen LogP contribution in [-0.2, 0) is 4.79 Å². The number of amides is 1. The summed E-state index contributed by atoms with van der Waals surface area (Å²) in [6.07, 6.45) is 8.80. The highest BCUT2D eigenvalue weighted by Gasteiger charge is 2.38. The Balaban J connectivity index is 2.61. The van der Waals surface area contributed by atoms with Crippen LogP contribution in [0.1, 0.15) is 25.7 Å². The molecule has 1 rings (SSSR count). The molecule has 0 atom stereocenters. The molecule has 0 aromatic heterocycles. The van der Waals surface area contributed by atoms with Gasteiger partial charge in [0.2, 0.25) is 5.91 Å². The predicted octanol–water partition coefficient (Wildman–Crippen LogP) is 0.349. The number of terminal acetylenes is 1. The zero-order chi connectivity index (χ0) is 9.90. The van der Waals surface area contributed by atoms with E-state index in [9.17, 15) is 4.79 Å². The van der Waals surface area contributed by atoms with E-state index in [0.29, 0.717) is 6.54 Å². The minimum atomic E-state index is -0.633. The lowest BCUT2D eigenvalue weighted by atomic mass is 9.97. The van der Waals surface area contributed by atoms with E-state index >= 15 is 0 Å². The molecular formula is C10H16N2O.